The number of Topliss-reactive ketones (excluding diaryl/α,β-unsaturated/α-hetero) is 3. The number of ketones is 3. The van der Waals surface area contributed by atoms with Gasteiger partial charge in [-0.15, -0.1) is 0 Å². The molecule has 5 rings (SSSR count). The second kappa shape index (κ2) is 10.1. The lowest BCUT2D eigenvalue weighted by molar-refractivity contribution is -0.189. The zero-order valence-corrected chi connectivity index (χ0v) is 24.8. The molecule has 10 heteroatoms. The van der Waals surface area contributed by atoms with Crippen molar-refractivity contribution in [1.29, 1.82) is 0 Å². The molecule has 1 aromatic rings. The van der Waals surface area contributed by atoms with Gasteiger partial charge in [-0.2, -0.15) is 0 Å². The minimum atomic E-state index is -2.88. The molecule has 6 atom stereocenters. The molecule has 0 aromatic heterocycles. The van der Waals surface area contributed by atoms with E-state index in [0.717, 1.165) is 6.42 Å². The first-order valence-electron chi connectivity index (χ1n) is 14.4. The molecule has 0 amide bonds. The van der Waals surface area contributed by atoms with E-state index in [0.29, 0.717) is 18.4 Å². The number of phenols is 1. The molecular weight excluding hydrogens is 542 g/mol. The Hall–Kier alpha value is -3.50. The van der Waals surface area contributed by atoms with E-state index in [-0.39, 0.29) is 23.3 Å². The van der Waals surface area contributed by atoms with Crippen LogP contribution in [-0.2, 0) is 23.9 Å². The molecule has 0 saturated heterocycles. The van der Waals surface area contributed by atoms with Crippen molar-refractivity contribution in [2.75, 3.05) is 14.1 Å². The van der Waals surface area contributed by atoms with Crippen LogP contribution in [0.2, 0.25) is 0 Å². The minimum absolute atomic E-state index is 0.000679. The van der Waals surface area contributed by atoms with Crippen molar-refractivity contribution in [2.24, 2.45) is 23.2 Å². The van der Waals surface area contributed by atoms with Gasteiger partial charge in [-0.1, -0.05) is 46.2 Å². The number of aliphatic hydroxyl groups excluding tert-OH is 2. The Morgan fingerprint density at radius 2 is 1.74 bits per heavy atom. The molecule has 2 fully saturated rings. The summed E-state index contributed by atoms with van der Waals surface area (Å²) in [7, 11) is 3.10. The third kappa shape index (κ3) is 4.29. The highest BCUT2D eigenvalue weighted by Crippen LogP contribution is 2.57. The highest BCUT2D eigenvalue weighted by molar-refractivity contribution is 6.25. The van der Waals surface area contributed by atoms with Gasteiger partial charge in [0.15, 0.2) is 17.2 Å². The van der Waals surface area contributed by atoms with E-state index >= 15 is 0 Å². The number of esters is 1. The van der Waals surface area contributed by atoms with Crippen molar-refractivity contribution in [3.05, 3.63) is 46.2 Å². The topological polar surface area (TPSA) is 162 Å². The van der Waals surface area contributed by atoms with Crippen LogP contribution in [0.4, 0.5) is 0 Å². The number of rotatable bonds is 5. The number of fused-ring (bicyclic) bond motifs is 3. The normalized spacial score (nSPS) is 31.4. The van der Waals surface area contributed by atoms with Gasteiger partial charge in [0.1, 0.15) is 28.9 Å². The summed E-state index contributed by atoms with van der Waals surface area (Å²) < 4.78 is 6.11. The number of aromatic hydroxyl groups is 1. The van der Waals surface area contributed by atoms with Crippen molar-refractivity contribution in [1.82, 2.24) is 4.90 Å². The number of benzene rings is 1. The number of nitrogens with zero attached hydrogens (tertiary/aromatic N) is 1. The molecule has 4 aliphatic carbocycles. The molecule has 4 aliphatic rings. The lowest BCUT2D eigenvalue weighted by Crippen LogP contribution is -2.71. The maximum atomic E-state index is 14.4. The van der Waals surface area contributed by atoms with Gasteiger partial charge in [0, 0.05) is 17.9 Å². The molecule has 6 unspecified atom stereocenters. The van der Waals surface area contributed by atoms with Gasteiger partial charge in [-0.25, -0.2) is 0 Å². The second-order valence-corrected chi connectivity index (χ2v) is 13.6. The molecule has 4 N–H and O–H groups in total. The molecule has 0 aliphatic heterocycles. The first-order chi connectivity index (χ1) is 19.5. The summed E-state index contributed by atoms with van der Waals surface area (Å²) in [6.45, 7) is 7.08. The molecule has 0 heterocycles. The van der Waals surface area contributed by atoms with Gasteiger partial charge in [-0.05, 0) is 49.9 Å². The lowest BCUT2D eigenvalue weighted by Gasteiger charge is -2.55. The minimum Gasteiger partial charge on any atom is -0.508 e. The number of ether oxygens (including phenoxy) is 1. The van der Waals surface area contributed by atoms with Gasteiger partial charge < -0.3 is 25.2 Å². The number of carbonyl (C=O) groups is 4. The number of likely N-dealkylation sites (N-methyl/N-ethyl adjacent to an activating group) is 1. The van der Waals surface area contributed by atoms with Gasteiger partial charge in [-0.3, -0.25) is 24.1 Å². The first kappa shape index (κ1) is 30.0. The van der Waals surface area contributed by atoms with Gasteiger partial charge >= 0.3 is 5.97 Å². The number of carbonyl (C=O) groups excluding carboxylic acids is 4. The molecule has 10 nitrogen and oxygen atoms in total. The summed E-state index contributed by atoms with van der Waals surface area (Å²) in [5.74, 6) is -8.70. The van der Waals surface area contributed by atoms with Crippen molar-refractivity contribution in [3.8, 4) is 5.75 Å². The van der Waals surface area contributed by atoms with Crippen LogP contribution in [0.15, 0.2) is 35.1 Å². The van der Waals surface area contributed by atoms with Gasteiger partial charge in [0.25, 0.3) is 0 Å². The van der Waals surface area contributed by atoms with Crippen LogP contribution in [0.25, 0.3) is 5.76 Å². The summed E-state index contributed by atoms with van der Waals surface area (Å²) >= 11 is 0. The summed E-state index contributed by atoms with van der Waals surface area (Å²) in [6, 6.07) is 3.30. The molecule has 0 spiro atoms. The third-order valence-corrected chi connectivity index (χ3v) is 9.38. The van der Waals surface area contributed by atoms with E-state index < -0.39 is 87.2 Å². The summed E-state index contributed by atoms with van der Waals surface area (Å²) in [5.41, 5.74) is -3.97. The molecular formula is C32H39NO9. The molecule has 0 radical (unpaired) electrons. The number of hydrogen-bond acceptors (Lipinski definition) is 10. The average molecular weight is 582 g/mol. The summed E-state index contributed by atoms with van der Waals surface area (Å²) in [6.07, 6.45) is 0.563. The third-order valence-electron chi connectivity index (χ3n) is 9.38. The monoisotopic (exact) mass is 581 g/mol. The number of aliphatic hydroxyl groups is 3. The smallest absolute Gasteiger partial charge is 0.309 e. The van der Waals surface area contributed by atoms with Crippen LogP contribution >= 0.6 is 0 Å². The predicted octanol–water partition coefficient (Wildman–Crippen LogP) is 3.37. The highest BCUT2D eigenvalue weighted by atomic mass is 16.5. The standard InChI is InChI=1S/C32H39NO9/c1-14-16-11-8-12-17(34)20(16)25(36)22-19(14)27(42-30(40)15-9-7-10-15)23-24(33(5)6)26(37)21(18(35)13-31(2,3)4)28(38)32(23,41)29(22)39/h8,11-12,14-15,19,23-24,27,34,36,38,41H,7,9-10,13H2,1-6H3. The van der Waals surface area contributed by atoms with E-state index in [1.54, 1.807) is 53.9 Å². The average Bonchev–Trinajstić information content (AvgIpc) is 2.83. The molecule has 226 valence electrons. The number of phenolic OH excluding ortho intramolecular Hbond substituents is 1. The fourth-order valence-corrected chi connectivity index (χ4v) is 7.16. The Labute approximate surface area is 244 Å². The Bertz CT molecular complexity index is 1440. The fourth-order valence-electron chi connectivity index (χ4n) is 7.16. The van der Waals surface area contributed by atoms with E-state index in [2.05, 4.69) is 0 Å². The Morgan fingerprint density at radius 1 is 1.10 bits per heavy atom. The molecule has 0 bridgehead atoms. The lowest BCUT2D eigenvalue weighted by atomic mass is 9.54. The maximum absolute atomic E-state index is 14.4. The first-order valence-corrected chi connectivity index (χ1v) is 14.4. The Kier molecular flexibility index (Phi) is 7.17. The number of hydrogen-bond donors (Lipinski definition) is 4. The van der Waals surface area contributed by atoms with E-state index in [1.165, 1.54) is 11.0 Å². The summed E-state index contributed by atoms with van der Waals surface area (Å²) in [4.78, 5) is 56.8. The van der Waals surface area contributed by atoms with Crippen molar-refractivity contribution < 1.29 is 44.3 Å². The maximum Gasteiger partial charge on any atom is 0.309 e. The van der Waals surface area contributed by atoms with Gasteiger partial charge in [0.2, 0.25) is 5.78 Å². The largest absolute Gasteiger partial charge is 0.508 e. The Balaban J connectivity index is 1.80. The van der Waals surface area contributed by atoms with Crippen LogP contribution in [0.3, 0.4) is 0 Å². The highest BCUT2D eigenvalue weighted by Gasteiger charge is 2.69. The van der Waals surface area contributed by atoms with Crippen molar-refractivity contribution >= 4 is 29.1 Å². The quantitative estimate of drug-likeness (QED) is 0.300. The van der Waals surface area contributed by atoms with Crippen molar-refractivity contribution in [2.45, 2.75) is 77.0 Å². The fraction of sp³-hybridized carbons (Fsp3) is 0.562. The summed E-state index contributed by atoms with van der Waals surface area (Å²) in [5, 5.41) is 46.1. The van der Waals surface area contributed by atoms with Gasteiger partial charge in [0.05, 0.1) is 23.4 Å². The van der Waals surface area contributed by atoms with Crippen LogP contribution < -0.4 is 0 Å². The molecule has 1 aromatic carbocycles. The Morgan fingerprint density at radius 3 is 2.29 bits per heavy atom. The van der Waals surface area contributed by atoms with Crippen molar-refractivity contribution in [3.63, 3.8) is 0 Å². The zero-order chi connectivity index (χ0) is 31.0. The van der Waals surface area contributed by atoms with Crippen LogP contribution in [0, 0.1) is 23.2 Å². The predicted molar refractivity (Wildman–Crippen MR) is 151 cm³/mol. The van der Waals surface area contributed by atoms with Crippen LogP contribution in [-0.4, -0.2) is 80.5 Å². The SMILES string of the molecule is CC1c2cccc(O)c2C(O)=C2C(=O)C3(O)C(O)=C(C(=O)CC(C)(C)C)C(=O)C(N(C)C)C3C(OC(=O)C3CCC3)C21. The molecule has 42 heavy (non-hydrogen) atoms. The van der Waals surface area contributed by atoms with E-state index in [9.17, 15) is 39.6 Å². The van der Waals surface area contributed by atoms with E-state index in [1.807, 2.05) is 0 Å². The second-order valence-electron chi connectivity index (χ2n) is 13.6. The van der Waals surface area contributed by atoms with E-state index in [4.69, 9.17) is 4.74 Å². The van der Waals surface area contributed by atoms with Crippen LogP contribution in [0.5, 0.6) is 5.75 Å². The van der Waals surface area contributed by atoms with Crippen LogP contribution in [0.1, 0.15) is 70.4 Å². The molecule has 2 saturated carbocycles. The zero-order valence-electron chi connectivity index (χ0n) is 24.8.